The lowest BCUT2D eigenvalue weighted by atomic mass is 10.1. The van der Waals surface area contributed by atoms with E-state index in [4.69, 9.17) is 4.74 Å². The summed E-state index contributed by atoms with van der Waals surface area (Å²) in [4.78, 5) is 2.74. The maximum Gasteiger partial charge on any atom is 0.263 e. The zero-order valence-corrected chi connectivity index (χ0v) is 19.8. The van der Waals surface area contributed by atoms with Crippen LogP contribution in [0.2, 0.25) is 0 Å². The lowest BCUT2D eigenvalue weighted by molar-refractivity contribution is 0.415. The Morgan fingerprint density at radius 3 is 2.35 bits per heavy atom. The van der Waals surface area contributed by atoms with Crippen LogP contribution in [0.5, 0.6) is 5.75 Å². The Kier molecular flexibility index (Phi) is 5.10. The third-order valence-corrected chi connectivity index (χ3v) is 8.16. The first-order chi connectivity index (χ1) is 16.2. The van der Waals surface area contributed by atoms with Gasteiger partial charge in [0.05, 0.1) is 23.2 Å². The number of nitrogens with zero attached hydrogens (tertiary/aromatic N) is 1. The Balaban J connectivity index is 1.56. The molecule has 0 saturated heterocycles. The Labute approximate surface area is 195 Å². The predicted molar refractivity (Wildman–Crippen MR) is 130 cm³/mol. The first kappa shape index (κ1) is 22.0. The zero-order valence-electron chi connectivity index (χ0n) is 18.2. The fourth-order valence-electron chi connectivity index (χ4n) is 3.84. The number of sulfonamides is 1. The fraction of sp³-hybridized carbons (Fsp3) is 0.0870. The van der Waals surface area contributed by atoms with Gasteiger partial charge >= 0.3 is 0 Å². The first-order valence-corrected chi connectivity index (χ1v) is 13.5. The molecule has 11 heteroatoms. The van der Waals surface area contributed by atoms with Gasteiger partial charge in [0, 0.05) is 28.2 Å². The van der Waals surface area contributed by atoms with E-state index in [9.17, 15) is 16.8 Å². The van der Waals surface area contributed by atoms with Crippen LogP contribution in [0.3, 0.4) is 0 Å². The molecule has 174 valence electrons. The van der Waals surface area contributed by atoms with Crippen molar-refractivity contribution in [3.63, 3.8) is 0 Å². The minimum atomic E-state index is -4.17. The molecule has 0 radical (unpaired) electrons. The number of aromatic nitrogens is 3. The molecule has 0 saturated carbocycles. The van der Waals surface area contributed by atoms with Crippen molar-refractivity contribution in [3.8, 4) is 17.1 Å². The Hall–Kier alpha value is -3.83. The summed E-state index contributed by atoms with van der Waals surface area (Å²) in [5, 5.41) is 8.99. The van der Waals surface area contributed by atoms with Gasteiger partial charge in [0.25, 0.3) is 10.0 Å². The van der Waals surface area contributed by atoms with Gasteiger partial charge in [-0.05, 0) is 54.6 Å². The molecule has 0 amide bonds. The lowest BCUT2D eigenvalue weighted by Crippen LogP contribution is -2.16. The first-order valence-electron chi connectivity index (χ1n) is 10.1. The number of sulfone groups is 1. The number of nitrogens with one attached hydrogen (secondary N) is 3. The van der Waals surface area contributed by atoms with E-state index in [1.165, 1.54) is 24.3 Å². The number of methoxy groups -OCH3 is 1. The second-order valence-electron chi connectivity index (χ2n) is 7.79. The summed E-state index contributed by atoms with van der Waals surface area (Å²) >= 11 is 0. The minimum absolute atomic E-state index is 0.263. The molecule has 0 unspecified atom stereocenters. The molecule has 0 atom stereocenters. The van der Waals surface area contributed by atoms with E-state index in [1.54, 1.807) is 25.3 Å². The number of rotatable bonds is 6. The maximum atomic E-state index is 13.1. The van der Waals surface area contributed by atoms with E-state index in [0.29, 0.717) is 16.6 Å². The number of hydrogen-bond acceptors (Lipinski definition) is 6. The summed E-state index contributed by atoms with van der Waals surface area (Å²) in [7, 11) is -6.30. The molecule has 3 aromatic carbocycles. The molecule has 2 heterocycles. The molecule has 0 fully saturated rings. The van der Waals surface area contributed by atoms with E-state index in [0.717, 1.165) is 28.6 Å². The molecule has 0 bridgehead atoms. The smallest absolute Gasteiger partial charge is 0.263 e. The van der Waals surface area contributed by atoms with Crippen molar-refractivity contribution >= 4 is 47.4 Å². The lowest BCUT2D eigenvalue weighted by Gasteiger charge is -2.11. The van der Waals surface area contributed by atoms with Crippen LogP contribution in [0.25, 0.3) is 33.2 Å². The molecule has 3 N–H and O–H groups in total. The molecule has 0 aliphatic heterocycles. The average molecular weight is 497 g/mol. The standard InChI is InChI=1S/C23H20N4O5S2/c1-32-16-8-10-18-14(11-16)12-20(24-18)23-17-13-15(7-9-19(17)25-26-23)27-34(30,31)22-6-4-3-5-21(22)33(2,28)29/h3-13,24,27H,1-2H3,(H,25,26). The van der Waals surface area contributed by atoms with E-state index >= 15 is 0 Å². The van der Waals surface area contributed by atoms with Gasteiger partial charge in [0.2, 0.25) is 0 Å². The van der Waals surface area contributed by atoms with Gasteiger partial charge in [0.15, 0.2) is 9.84 Å². The van der Waals surface area contributed by atoms with Crippen LogP contribution in [-0.4, -0.2) is 45.4 Å². The largest absolute Gasteiger partial charge is 0.497 e. The van der Waals surface area contributed by atoms with Crippen LogP contribution < -0.4 is 9.46 Å². The molecule has 9 nitrogen and oxygen atoms in total. The number of aromatic amines is 2. The third-order valence-electron chi connectivity index (χ3n) is 5.44. The molecule has 0 aliphatic rings. The van der Waals surface area contributed by atoms with Gasteiger partial charge in [-0.2, -0.15) is 5.10 Å². The molecule has 0 aliphatic carbocycles. The van der Waals surface area contributed by atoms with Crippen LogP contribution in [-0.2, 0) is 19.9 Å². The highest BCUT2D eigenvalue weighted by Gasteiger charge is 2.24. The Bertz CT molecular complexity index is 1770. The normalized spacial score (nSPS) is 12.3. The molecular weight excluding hydrogens is 476 g/mol. The van der Waals surface area contributed by atoms with E-state index in [-0.39, 0.29) is 15.5 Å². The van der Waals surface area contributed by atoms with Gasteiger partial charge in [-0.15, -0.1) is 0 Å². The summed E-state index contributed by atoms with van der Waals surface area (Å²) in [6.45, 7) is 0. The fourth-order valence-corrected chi connectivity index (χ4v) is 6.52. The predicted octanol–water partition coefficient (Wildman–Crippen LogP) is 3.92. The molecular formula is C23H20N4O5S2. The molecule has 34 heavy (non-hydrogen) atoms. The van der Waals surface area contributed by atoms with Crippen LogP contribution in [0.15, 0.2) is 76.5 Å². The summed E-state index contributed by atoms with van der Waals surface area (Å²) in [5.74, 6) is 0.732. The van der Waals surface area contributed by atoms with E-state index in [1.807, 2.05) is 24.3 Å². The number of anilines is 1. The third kappa shape index (κ3) is 3.88. The second kappa shape index (κ2) is 7.89. The minimum Gasteiger partial charge on any atom is -0.497 e. The Morgan fingerprint density at radius 1 is 0.882 bits per heavy atom. The second-order valence-corrected chi connectivity index (χ2v) is 11.4. The summed E-state index contributed by atoms with van der Waals surface area (Å²) in [6, 6.07) is 18.0. The highest BCUT2D eigenvalue weighted by atomic mass is 32.2. The highest BCUT2D eigenvalue weighted by Crippen LogP contribution is 2.32. The van der Waals surface area contributed by atoms with Gasteiger partial charge < -0.3 is 9.72 Å². The van der Waals surface area contributed by atoms with Crippen molar-refractivity contribution in [2.45, 2.75) is 9.79 Å². The van der Waals surface area contributed by atoms with Crippen molar-refractivity contribution in [2.24, 2.45) is 0 Å². The van der Waals surface area contributed by atoms with Crippen LogP contribution in [0.4, 0.5) is 5.69 Å². The molecule has 0 spiro atoms. The van der Waals surface area contributed by atoms with Gasteiger partial charge in [0.1, 0.15) is 16.3 Å². The molecule has 5 aromatic rings. The van der Waals surface area contributed by atoms with Gasteiger partial charge in [-0.1, -0.05) is 12.1 Å². The van der Waals surface area contributed by atoms with Crippen LogP contribution in [0, 0.1) is 0 Å². The van der Waals surface area contributed by atoms with Crippen molar-refractivity contribution in [1.82, 2.24) is 15.2 Å². The highest BCUT2D eigenvalue weighted by molar-refractivity contribution is 7.95. The summed E-state index contributed by atoms with van der Waals surface area (Å²) < 4.78 is 58.1. The number of H-pyrrole nitrogens is 2. The van der Waals surface area contributed by atoms with Crippen LogP contribution >= 0.6 is 0 Å². The Morgan fingerprint density at radius 2 is 1.62 bits per heavy atom. The van der Waals surface area contributed by atoms with Crippen molar-refractivity contribution in [3.05, 3.63) is 66.7 Å². The SMILES string of the molecule is COc1ccc2[nH]c(-c3n[nH]c4ccc(NS(=O)(=O)c5ccccc5S(C)(=O)=O)cc34)cc2c1. The van der Waals surface area contributed by atoms with Crippen molar-refractivity contribution in [2.75, 3.05) is 18.1 Å². The maximum absolute atomic E-state index is 13.1. The van der Waals surface area contributed by atoms with E-state index in [2.05, 4.69) is 19.9 Å². The summed E-state index contributed by atoms with van der Waals surface area (Å²) in [5.41, 5.74) is 3.25. The van der Waals surface area contributed by atoms with Gasteiger partial charge in [-0.3, -0.25) is 9.82 Å². The summed E-state index contributed by atoms with van der Waals surface area (Å²) in [6.07, 6.45) is 0.973. The monoisotopic (exact) mass is 496 g/mol. The molecule has 2 aromatic heterocycles. The topological polar surface area (TPSA) is 134 Å². The zero-order chi connectivity index (χ0) is 24.1. The number of ether oxygens (including phenoxy) is 1. The molecule has 5 rings (SSSR count). The quantitative estimate of drug-likeness (QED) is 0.326. The van der Waals surface area contributed by atoms with Crippen molar-refractivity contribution in [1.29, 1.82) is 0 Å². The van der Waals surface area contributed by atoms with E-state index < -0.39 is 19.9 Å². The van der Waals surface area contributed by atoms with Crippen molar-refractivity contribution < 1.29 is 21.6 Å². The number of benzene rings is 3. The number of fused-ring (bicyclic) bond motifs is 2. The van der Waals surface area contributed by atoms with Gasteiger partial charge in [-0.25, -0.2) is 16.8 Å². The number of hydrogen-bond donors (Lipinski definition) is 3. The van der Waals surface area contributed by atoms with Crippen LogP contribution in [0.1, 0.15) is 0 Å². The average Bonchev–Trinajstić information content (AvgIpc) is 3.41.